The van der Waals surface area contributed by atoms with Crippen LogP contribution in [0.3, 0.4) is 0 Å². The highest BCUT2D eigenvalue weighted by molar-refractivity contribution is 5.85. The van der Waals surface area contributed by atoms with Crippen LogP contribution in [0, 0.1) is 5.82 Å². The predicted molar refractivity (Wildman–Crippen MR) is 94.7 cm³/mol. The number of nitrogens with one attached hydrogen (secondary N) is 1. The minimum atomic E-state index is -1.03. The zero-order chi connectivity index (χ0) is 17.6. The molecule has 2 aromatic rings. The van der Waals surface area contributed by atoms with Crippen molar-refractivity contribution < 1.29 is 14.3 Å². The van der Waals surface area contributed by atoms with Crippen LogP contribution in [0.1, 0.15) is 10.5 Å². The molecule has 2 N–H and O–H groups in total. The van der Waals surface area contributed by atoms with E-state index in [2.05, 4.69) is 20.1 Å². The summed E-state index contributed by atoms with van der Waals surface area (Å²) in [6.45, 7) is 5.23. The fourth-order valence-corrected chi connectivity index (χ4v) is 2.88. The Bertz CT molecular complexity index is 715. The summed E-state index contributed by atoms with van der Waals surface area (Å²) in [4.78, 5) is 19.6. The fraction of sp³-hybridized carbons (Fsp3) is 0.333. The van der Waals surface area contributed by atoms with Crippen LogP contribution >= 0.6 is 0 Å². The van der Waals surface area contributed by atoms with Crippen LogP contribution in [0.4, 0.5) is 15.9 Å². The highest BCUT2D eigenvalue weighted by Gasteiger charge is 2.16. The highest BCUT2D eigenvalue weighted by Crippen LogP contribution is 2.16. The zero-order valence-electron chi connectivity index (χ0n) is 13.9. The van der Waals surface area contributed by atoms with Crippen molar-refractivity contribution in [2.24, 2.45) is 0 Å². The Labute approximate surface area is 145 Å². The van der Waals surface area contributed by atoms with Crippen LogP contribution in [0.2, 0.25) is 0 Å². The number of pyridine rings is 1. The second kappa shape index (κ2) is 7.94. The van der Waals surface area contributed by atoms with E-state index in [9.17, 15) is 9.18 Å². The number of aromatic nitrogens is 1. The molecule has 0 bridgehead atoms. The highest BCUT2D eigenvalue weighted by atomic mass is 19.1. The van der Waals surface area contributed by atoms with Crippen molar-refractivity contribution in [3.8, 4) is 0 Å². The summed E-state index contributed by atoms with van der Waals surface area (Å²) in [5, 5.41) is 12.1. The average Bonchev–Trinajstić information content (AvgIpc) is 2.63. The minimum absolute atomic E-state index is 0.0397. The van der Waals surface area contributed by atoms with E-state index in [4.69, 9.17) is 5.11 Å². The maximum atomic E-state index is 13.0. The number of nitrogens with zero attached hydrogens (tertiary/aromatic N) is 3. The summed E-state index contributed by atoms with van der Waals surface area (Å²) in [6.07, 6.45) is 0. The van der Waals surface area contributed by atoms with E-state index in [1.165, 1.54) is 18.2 Å². The van der Waals surface area contributed by atoms with Crippen molar-refractivity contribution in [2.45, 2.75) is 0 Å². The Morgan fingerprint density at radius 3 is 2.52 bits per heavy atom. The van der Waals surface area contributed by atoms with Crippen LogP contribution in [-0.2, 0) is 0 Å². The first kappa shape index (κ1) is 17.2. The van der Waals surface area contributed by atoms with Gasteiger partial charge in [-0.3, -0.25) is 4.90 Å². The quantitative estimate of drug-likeness (QED) is 0.837. The smallest absolute Gasteiger partial charge is 0.354 e. The lowest BCUT2D eigenvalue weighted by atomic mass is 10.2. The van der Waals surface area contributed by atoms with Crippen LogP contribution in [0.5, 0.6) is 0 Å². The number of carboxylic acid groups (broad SMARTS) is 1. The summed E-state index contributed by atoms with van der Waals surface area (Å²) >= 11 is 0. The Morgan fingerprint density at radius 2 is 1.84 bits per heavy atom. The number of halogens is 1. The third-order valence-electron chi connectivity index (χ3n) is 4.27. The molecule has 0 aliphatic carbocycles. The van der Waals surface area contributed by atoms with Gasteiger partial charge < -0.3 is 15.3 Å². The van der Waals surface area contributed by atoms with Gasteiger partial charge in [-0.25, -0.2) is 14.2 Å². The molecule has 1 aromatic heterocycles. The van der Waals surface area contributed by atoms with Crippen molar-refractivity contribution in [2.75, 3.05) is 49.5 Å². The van der Waals surface area contributed by atoms with Crippen LogP contribution in [0.15, 0.2) is 42.5 Å². The molecule has 0 unspecified atom stereocenters. The molecule has 1 aliphatic heterocycles. The van der Waals surface area contributed by atoms with Crippen molar-refractivity contribution in [1.29, 1.82) is 0 Å². The third-order valence-corrected chi connectivity index (χ3v) is 4.27. The lowest BCUT2D eigenvalue weighted by Crippen LogP contribution is -2.47. The van der Waals surface area contributed by atoms with Gasteiger partial charge in [0, 0.05) is 45.0 Å². The topological polar surface area (TPSA) is 68.7 Å². The summed E-state index contributed by atoms with van der Waals surface area (Å²) < 4.78 is 13.0. The molecule has 1 fully saturated rings. The molecule has 25 heavy (non-hydrogen) atoms. The number of carboxylic acids is 1. The second-order valence-corrected chi connectivity index (χ2v) is 5.95. The number of aromatic carboxylic acids is 1. The van der Waals surface area contributed by atoms with Gasteiger partial charge in [0.25, 0.3) is 0 Å². The molecule has 2 heterocycles. The van der Waals surface area contributed by atoms with Gasteiger partial charge in [0.15, 0.2) is 5.69 Å². The Hall–Kier alpha value is -2.67. The number of anilines is 2. The molecule has 0 atom stereocenters. The van der Waals surface area contributed by atoms with Crippen LogP contribution < -0.4 is 10.2 Å². The first-order valence-electron chi connectivity index (χ1n) is 8.29. The van der Waals surface area contributed by atoms with Gasteiger partial charge in [-0.2, -0.15) is 0 Å². The van der Waals surface area contributed by atoms with Gasteiger partial charge >= 0.3 is 5.97 Å². The van der Waals surface area contributed by atoms with Crippen molar-refractivity contribution >= 4 is 17.5 Å². The first-order chi connectivity index (χ1) is 12.1. The van der Waals surface area contributed by atoms with Crippen molar-refractivity contribution in [1.82, 2.24) is 9.88 Å². The Balaban J connectivity index is 1.43. The number of benzene rings is 1. The van der Waals surface area contributed by atoms with E-state index in [-0.39, 0.29) is 11.5 Å². The molecule has 6 nitrogen and oxygen atoms in total. The van der Waals surface area contributed by atoms with E-state index in [1.807, 2.05) is 12.1 Å². The lowest BCUT2D eigenvalue weighted by molar-refractivity contribution is 0.0690. The number of rotatable bonds is 6. The molecule has 7 heteroatoms. The lowest BCUT2D eigenvalue weighted by Gasteiger charge is -2.36. The molecular weight excluding hydrogens is 323 g/mol. The number of hydrogen-bond acceptors (Lipinski definition) is 5. The summed E-state index contributed by atoms with van der Waals surface area (Å²) in [7, 11) is 0. The fourth-order valence-electron chi connectivity index (χ4n) is 2.88. The molecular formula is C18H21FN4O2. The molecule has 0 saturated carbocycles. The van der Waals surface area contributed by atoms with Crippen LogP contribution in [-0.4, -0.2) is 60.2 Å². The largest absolute Gasteiger partial charge is 0.477 e. The number of hydrogen-bond donors (Lipinski definition) is 2. The molecule has 1 aliphatic rings. The summed E-state index contributed by atoms with van der Waals surface area (Å²) in [5.74, 6) is -0.667. The number of piperazine rings is 1. The zero-order valence-corrected chi connectivity index (χ0v) is 13.9. The summed E-state index contributed by atoms with van der Waals surface area (Å²) in [6, 6.07) is 11.5. The molecule has 0 spiro atoms. The van der Waals surface area contributed by atoms with Gasteiger partial charge in [-0.15, -0.1) is 0 Å². The molecule has 132 valence electrons. The van der Waals surface area contributed by atoms with E-state index < -0.39 is 5.97 Å². The second-order valence-electron chi connectivity index (χ2n) is 5.95. The normalized spacial score (nSPS) is 15.2. The van der Waals surface area contributed by atoms with Crippen LogP contribution in [0.25, 0.3) is 0 Å². The Morgan fingerprint density at radius 1 is 1.12 bits per heavy atom. The van der Waals surface area contributed by atoms with Gasteiger partial charge in [-0.05, 0) is 36.4 Å². The van der Waals surface area contributed by atoms with E-state index in [1.54, 1.807) is 12.1 Å². The SMILES string of the molecule is O=C(O)c1cccc(NCCN2CCN(c3ccc(F)cc3)CC2)n1. The maximum absolute atomic E-state index is 13.0. The molecule has 1 aromatic carbocycles. The standard InChI is InChI=1S/C18H21FN4O2/c19-14-4-6-15(7-5-14)23-12-10-22(11-13-23)9-8-20-17-3-1-2-16(21-17)18(24)25/h1-7H,8-13H2,(H,20,21)(H,24,25). The molecule has 3 rings (SSSR count). The monoisotopic (exact) mass is 344 g/mol. The van der Waals surface area contributed by atoms with Crippen molar-refractivity contribution in [3.05, 3.63) is 54.0 Å². The van der Waals surface area contributed by atoms with Gasteiger partial charge in [0.05, 0.1) is 0 Å². The summed E-state index contributed by atoms with van der Waals surface area (Å²) in [5.41, 5.74) is 1.09. The molecule has 0 radical (unpaired) electrons. The van der Waals surface area contributed by atoms with E-state index in [0.717, 1.165) is 38.4 Å². The van der Waals surface area contributed by atoms with Gasteiger partial charge in [-0.1, -0.05) is 6.07 Å². The third kappa shape index (κ3) is 4.67. The molecule has 1 saturated heterocycles. The van der Waals surface area contributed by atoms with Crippen molar-refractivity contribution in [3.63, 3.8) is 0 Å². The minimum Gasteiger partial charge on any atom is -0.477 e. The number of carbonyl (C=O) groups is 1. The van der Waals surface area contributed by atoms with Gasteiger partial charge in [0.1, 0.15) is 11.6 Å². The van der Waals surface area contributed by atoms with E-state index >= 15 is 0 Å². The van der Waals surface area contributed by atoms with E-state index in [0.29, 0.717) is 12.4 Å². The molecule has 0 amide bonds. The average molecular weight is 344 g/mol. The maximum Gasteiger partial charge on any atom is 0.354 e. The first-order valence-corrected chi connectivity index (χ1v) is 8.29. The predicted octanol–water partition coefficient (Wildman–Crippen LogP) is 2.15. The Kier molecular flexibility index (Phi) is 5.45. The van der Waals surface area contributed by atoms with Gasteiger partial charge in [0.2, 0.25) is 0 Å².